The molecule has 0 heterocycles. The Bertz CT molecular complexity index is 194. The number of alkyl halides is 2. The van der Waals surface area contributed by atoms with Crippen molar-refractivity contribution in [3.63, 3.8) is 0 Å². The van der Waals surface area contributed by atoms with E-state index in [9.17, 15) is 8.78 Å². The molecule has 5 nitrogen and oxygen atoms in total. The van der Waals surface area contributed by atoms with E-state index in [-0.39, 0.29) is 6.61 Å². The van der Waals surface area contributed by atoms with Crippen molar-refractivity contribution in [2.45, 2.75) is 18.6 Å². The molecule has 0 fully saturated rings. The Labute approximate surface area is 101 Å². The second kappa shape index (κ2) is 8.06. The van der Waals surface area contributed by atoms with Crippen molar-refractivity contribution in [2.24, 2.45) is 0 Å². The first-order chi connectivity index (χ1) is 7.95. The Morgan fingerprint density at radius 2 is 1.53 bits per heavy atom. The zero-order chi connectivity index (χ0) is 13.4. The summed E-state index contributed by atoms with van der Waals surface area (Å²) < 4.78 is 49.4. The van der Waals surface area contributed by atoms with Gasteiger partial charge in [-0.3, -0.25) is 0 Å². The fourth-order valence-corrected chi connectivity index (χ4v) is 2.89. The summed E-state index contributed by atoms with van der Waals surface area (Å²) in [7, 11) is 2.81. The van der Waals surface area contributed by atoms with Crippen molar-refractivity contribution < 1.29 is 31.5 Å². The van der Waals surface area contributed by atoms with Crippen molar-refractivity contribution >= 4 is 8.80 Å². The maximum absolute atomic E-state index is 12.6. The number of ether oxygens (including phenoxy) is 2. The molecule has 8 heteroatoms. The molecule has 0 spiro atoms. The van der Waals surface area contributed by atoms with Crippen LogP contribution in [0, 0.1) is 0 Å². The molecule has 0 unspecified atom stereocenters. The molecule has 17 heavy (non-hydrogen) atoms. The van der Waals surface area contributed by atoms with Gasteiger partial charge in [0.2, 0.25) is 0 Å². The van der Waals surface area contributed by atoms with Gasteiger partial charge in [-0.25, -0.2) is 0 Å². The summed E-state index contributed by atoms with van der Waals surface area (Å²) in [5, 5.41) is 0. The topological polar surface area (TPSA) is 46.2 Å². The van der Waals surface area contributed by atoms with E-state index in [0.717, 1.165) is 7.11 Å². The molecule has 104 valence electrons. The number of hydrogen-bond acceptors (Lipinski definition) is 5. The van der Waals surface area contributed by atoms with Crippen LogP contribution in [0.25, 0.3) is 0 Å². The van der Waals surface area contributed by atoms with Crippen LogP contribution in [0.2, 0.25) is 6.04 Å². The second-order valence-corrected chi connectivity index (χ2v) is 6.38. The number of halogens is 2. The van der Waals surface area contributed by atoms with Gasteiger partial charge in [0.25, 0.3) is 0 Å². The average molecular weight is 274 g/mol. The summed E-state index contributed by atoms with van der Waals surface area (Å²) in [4.78, 5) is 0. The molecule has 0 bridgehead atoms. The SMILES string of the molecule is COC(F)(F)COCCC[Si](OC)(OC)OC. The molecule has 0 aromatic rings. The molecule has 0 N–H and O–H groups in total. The van der Waals surface area contributed by atoms with Gasteiger partial charge < -0.3 is 22.8 Å². The van der Waals surface area contributed by atoms with Gasteiger partial charge in [-0.2, -0.15) is 8.78 Å². The van der Waals surface area contributed by atoms with Crippen LogP contribution >= 0.6 is 0 Å². The standard InChI is InChI=1S/C9H20F2O5Si/c1-12-9(10,11)8-16-6-5-7-17(13-2,14-3)15-4/h5-8H2,1-4H3. The maximum Gasteiger partial charge on any atom is 0.500 e. The third-order valence-electron chi connectivity index (χ3n) is 2.27. The quantitative estimate of drug-likeness (QED) is 0.446. The molecule has 0 aliphatic rings. The van der Waals surface area contributed by atoms with Crippen LogP contribution in [0.4, 0.5) is 8.78 Å². The van der Waals surface area contributed by atoms with Gasteiger partial charge in [0.05, 0.1) is 0 Å². The van der Waals surface area contributed by atoms with Crippen LogP contribution in [0.5, 0.6) is 0 Å². The van der Waals surface area contributed by atoms with Crippen LogP contribution in [-0.2, 0) is 22.8 Å². The van der Waals surface area contributed by atoms with E-state index in [4.69, 9.17) is 18.0 Å². The minimum Gasteiger partial charge on any atom is -0.377 e. The Balaban J connectivity index is 3.77. The third kappa shape index (κ3) is 6.39. The van der Waals surface area contributed by atoms with E-state index in [1.807, 2.05) is 0 Å². The van der Waals surface area contributed by atoms with E-state index in [2.05, 4.69) is 4.74 Å². The van der Waals surface area contributed by atoms with Gasteiger partial charge in [-0.05, 0) is 6.42 Å². The maximum atomic E-state index is 12.6. The summed E-state index contributed by atoms with van der Waals surface area (Å²) in [6.07, 6.45) is -2.72. The molecule has 0 amide bonds. The Morgan fingerprint density at radius 3 is 1.94 bits per heavy atom. The lowest BCUT2D eigenvalue weighted by Crippen LogP contribution is -2.42. The highest BCUT2D eigenvalue weighted by Gasteiger charge is 2.37. The first-order valence-electron chi connectivity index (χ1n) is 5.11. The lowest BCUT2D eigenvalue weighted by Gasteiger charge is -2.24. The fraction of sp³-hybridized carbons (Fsp3) is 1.00. The average Bonchev–Trinajstić information content (AvgIpc) is 2.34. The first-order valence-corrected chi connectivity index (χ1v) is 7.04. The fourth-order valence-electron chi connectivity index (χ4n) is 1.20. The smallest absolute Gasteiger partial charge is 0.377 e. The van der Waals surface area contributed by atoms with Crippen LogP contribution < -0.4 is 0 Å². The van der Waals surface area contributed by atoms with Gasteiger partial charge in [-0.1, -0.05) is 0 Å². The minimum atomic E-state index is -3.24. The molecular formula is C9H20F2O5Si. The van der Waals surface area contributed by atoms with Gasteiger partial charge in [0.15, 0.2) is 0 Å². The molecule has 0 rings (SSSR count). The number of hydrogen-bond donors (Lipinski definition) is 0. The highest BCUT2D eigenvalue weighted by molar-refractivity contribution is 6.60. The van der Waals surface area contributed by atoms with Crippen LogP contribution in [0.1, 0.15) is 6.42 Å². The lowest BCUT2D eigenvalue weighted by atomic mass is 10.5. The van der Waals surface area contributed by atoms with Crippen molar-refractivity contribution in [3.05, 3.63) is 0 Å². The second-order valence-electron chi connectivity index (χ2n) is 3.29. The predicted molar refractivity (Wildman–Crippen MR) is 59.0 cm³/mol. The van der Waals surface area contributed by atoms with Gasteiger partial charge in [0, 0.05) is 41.1 Å². The molecule has 0 aliphatic carbocycles. The number of methoxy groups -OCH3 is 1. The van der Waals surface area contributed by atoms with E-state index in [1.165, 1.54) is 21.3 Å². The van der Waals surface area contributed by atoms with E-state index in [1.54, 1.807) is 0 Å². The Hall–Kier alpha value is -0.123. The lowest BCUT2D eigenvalue weighted by molar-refractivity contribution is -0.249. The molecule has 0 saturated carbocycles. The zero-order valence-electron chi connectivity index (χ0n) is 10.6. The van der Waals surface area contributed by atoms with Crippen molar-refractivity contribution in [3.8, 4) is 0 Å². The zero-order valence-corrected chi connectivity index (χ0v) is 11.6. The third-order valence-corrected chi connectivity index (χ3v) is 5.11. The van der Waals surface area contributed by atoms with E-state index in [0.29, 0.717) is 12.5 Å². The molecule has 0 saturated heterocycles. The molecule has 0 aromatic carbocycles. The van der Waals surface area contributed by atoms with E-state index < -0.39 is 21.5 Å². The summed E-state index contributed by atoms with van der Waals surface area (Å²) in [6, 6.07) is 0.509. The summed E-state index contributed by atoms with van der Waals surface area (Å²) >= 11 is 0. The van der Waals surface area contributed by atoms with Crippen LogP contribution in [0.15, 0.2) is 0 Å². The van der Waals surface area contributed by atoms with Crippen LogP contribution in [0.3, 0.4) is 0 Å². The Morgan fingerprint density at radius 1 is 1.00 bits per heavy atom. The molecule has 0 aliphatic heterocycles. The molecule has 0 aromatic heterocycles. The van der Waals surface area contributed by atoms with Gasteiger partial charge in [0.1, 0.15) is 6.61 Å². The molecule has 0 atom stereocenters. The van der Waals surface area contributed by atoms with Crippen molar-refractivity contribution in [1.82, 2.24) is 0 Å². The highest BCUT2D eigenvalue weighted by Crippen LogP contribution is 2.17. The van der Waals surface area contributed by atoms with Gasteiger partial charge in [-0.15, -0.1) is 0 Å². The van der Waals surface area contributed by atoms with Crippen molar-refractivity contribution in [1.29, 1.82) is 0 Å². The Kier molecular flexibility index (Phi) is 8.00. The number of rotatable bonds is 10. The summed E-state index contributed by atoms with van der Waals surface area (Å²) in [6.45, 7) is -0.589. The van der Waals surface area contributed by atoms with E-state index >= 15 is 0 Å². The van der Waals surface area contributed by atoms with Crippen LogP contribution in [-0.4, -0.2) is 56.6 Å². The largest absolute Gasteiger partial charge is 0.500 e. The normalized spacial score (nSPS) is 13.1. The predicted octanol–water partition coefficient (Wildman–Crippen LogP) is 1.51. The summed E-state index contributed by atoms with van der Waals surface area (Å²) in [5.74, 6) is 0. The van der Waals surface area contributed by atoms with Crippen molar-refractivity contribution in [2.75, 3.05) is 41.7 Å². The van der Waals surface area contributed by atoms with Gasteiger partial charge >= 0.3 is 14.9 Å². The first kappa shape index (κ1) is 16.9. The monoisotopic (exact) mass is 274 g/mol. The molecular weight excluding hydrogens is 254 g/mol. The minimum absolute atomic E-state index is 0.170. The highest BCUT2D eigenvalue weighted by atomic mass is 28.4. The molecule has 0 radical (unpaired) electrons. The summed E-state index contributed by atoms with van der Waals surface area (Å²) in [5.41, 5.74) is 0.